The first-order valence-electron chi connectivity index (χ1n) is 4.56. The van der Waals surface area contributed by atoms with Gasteiger partial charge < -0.3 is 4.74 Å². The topological polar surface area (TPSA) is 63.0 Å². The molecule has 0 aliphatic carbocycles. The molecule has 0 aliphatic heterocycles. The predicted octanol–water partition coefficient (Wildman–Crippen LogP) is 2.83. The van der Waals surface area contributed by atoms with Crippen LogP contribution in [-0.2, 0) is 4.74 Å². The van der Waals surface area contributed by atoms with Gasteiger partial charge in [-0.2, -0.15) is 5.26 Å². The van der Waals surface area contributed by atoms with Crippen molar-refractivity contribution in [2.75, 3.05) is 6.61 Å². The molecule has 0 amide bonds. The van der Waals surface area contributed by atoms with E-state index in [1.165, 1.54) is 0 Å². The van der Waals surface area contributed by atoms with Gasteiger partial charge in [-0.05, 0) is 22.9 Å². The van der Waals surface area contributed by atoms with Gasteiger partial charge in [-0.3, -0.25) is 0 Å². The molecule has 0 N–H and O–H groups in total. The first-order chi connectivity index (χ1) is 8.02. The van der Waals surface area contributed by atoms with E-state index in [9.17, 15) is 13.6 Å². The van der Waals surface area contributed by atoms with Gasteiger partial charge in [0.25, 0.3) is 6.43 Å². The van der Waals surface area contributed by atoms with Gasteiger partial charge in [0.2, 0.25) is 0 Å². The van der Waals surface area contributed by atoms with E-state index in [-0.39, 0.29) is 22.3 Å². The molecule has 0 unspecified atom stereocenters. The van der Waals surface area contributed by atoms with Crippen molar-refractivity contribution < 1.29 is 18.3 Å². The van der Waals surface area contributed by atoms with E-state index < -0.39 is 18.0 Å². The number of nitriles is 1. The summed E-state index contributed by atoms with van der Waals surface area (Å²) in [6, 6.07) is 1.61. The molecule has 1 aromatic heterocycles. The predicted molar refractivity (Wildman–Crippen MR) is 57.6 cm³/mol. The molecule has 1 rings (SSSR count). The van der Waals surface area contributed by atoms with Crippen LogP contribution in [-0.4, -0.2) is 17.6 Å². The first kappa shape index (κ1) is 13.5. The molecule has 0 fully saturated rings. The van der Waals surface area contributed by atoms with Crippen LogP contribution in [0.3, 0.4) is 0 Å². The van der Waals surface area contributed by atoms with Crippen molar-refractivity contribution >= 4 is 21.9 Å². The minimum absolute atomic E-state index is 0.0729. The lowest BCUT2D eigenvalue weighted by Gasteiger charge is -2.08. The number of halogens is 3. The largest absolute Gasteiger partial charge is 0.461 e. The third kappa shape index (κ3) is 2.77. The number of aromatic nitrogens is 1. The molecule has 0 aliphatic rings. The number of hydrogen-bond donors (Lipinski definition) is 0. The van der Waals surface area contributed by atoms with Gasteiger partial charge in [0.15, 0.2) is 5.69 Å². The lowest BCUT2D eigenvalue weighted by molar-refractivity contribution is 0.0517. The minimum atomic E-state index is -2.83. The summed E-state index contributed by atoms with van der Waals surface area (Å²) in [6.07, 6.45) is -2.02. The van der Waals surface area contributed by atoms with Crippen LogP contribution in [0.5, 0.6) is 0 Å². The van der Waals surface area contributed by atoms with Crippen molar-refractivity contribution in [2.45, 2.75) is 13.3 Å². The smallest absolute Gasteiger partial charge is 0.358 e. The average molecular weight is 305 g/mol. The standard InChI is InChI=1S/C10H7BrF2N2O2/c1-2-17-10(16)8-7(11)5(3-14)6(4-15-8)9(12)13/h4,9H,2H2,1H3. The highest BCUT2D eigenvalue weighted by Crippen LogP contribution is 2.29. The quantitative estimate of drug-likeness (QED) is 0.806. The van der Waals surface area contributed by atoms with Gasteiger partial charge in [-0.25, -0.2) is 18.6 Å². The van der Waals surface area contributed by atoms with Gasteiger partial charge >= 0.3 is 5.97 Å². The summed E-state index contributed by atoms with van der Waals surface area (Å²) in [5, 5.41) is 8.79. The number of carbonyl (C=O) groups is 1. The van der Waals surface area contributed by atoms with Crippen LogP contribution in [0.2, 0.25) is 0 Å². The second kappa shape index (κ2) is 5.68. The molecule has 90 valence electrons. The Bertz CT molecular complexity index is 486. The Balaban J connectivity index is 3.31. The third-order valence-electron chi connectivity index (χ3n) is 1.86. The Morgan fingerprint density at radius 1 is 1.71 bits per heavy atom. The van der Waals surface area contributed by atoms with Gasteiger partial charge in [-0.1, -0.05) is 0 Å². The molecule has 0 atom stereocenters. The summed E-state index contributed by atoms with van der Waals surface area (Å²) in [5.41, 5.74) is -1.02. The minimum Gasteiger partial charge on any atom is -0.461 e. The van der Waals surface area contributed by atoms with Crippen molar-refractivity contribution in [3.05, 3.63) is 27.5 Å². The highest BCUT2D eigenvalue weighted by Gasteiger charge is 2.22. The third-order valence-corrected chi connectivity index (χ3v) is 2.64. The van der Waals surface area contributed by atoms with Crippen LogP contribution in [0, 0.1) is 11.3 Å². The highest BCUT2D eigenvalue weighted by molar-refractivity contribution is 9.10. The molecule has 0 saturated carbocycles. The van der Waals surface area contributed by atoms with Gasteiger partial charge in [-0.15, -0.1) is 0 Å². The molecule has 0 aromatic carbocycles. The SMILES string of the molecule is CCOC(=O)c1ncc(C(F)F)c(C#N)c1Br. The van der Waals surface area contributed by atoms with Crippen molar-refractivity contribution in [2.24, 2.45) is 0 Å². The Kier molecular flexibility index (Phi) is 4.52. The maximum absolute atomic E-state index is 12.5. The van der Waals surface area contributed by atoms with Crippen LogP contribution >= 0.6 is 15.9 Å². The number of alkyl halides is 2. The summed E-state index contributed by atoms with van der Waals surface area (Å²) in [7, 11) is 0. The fraction of sp³-hybridized carbons (Fsp3) is 0.300. The number of ether oxygens (including phenoxy) is 1. The molecule has 1 heterocycles. The van der Waals surface area contributed by atoms with Crippen LogP contribution in [0.1, 0.15) is 35.0 Å². The lowest BCUT2D eigenvalue weighted by atomic mass is 10.1. The molecule has 17 heavy (non-hydrogen) atoms. The van der Waals surface area contributed by atoms with E-state index in [0.29, 0.717) is 0 Å². The molecule has 1 aromatic rings. The summed E-state index contributed by atoms with van der Waals surface area (Å²) < 4.78 is 29.7. The maximum Gasteiger partial charge on any atom is 0.358 e. The molecule has 4 nitrogen and oxygen atoms in total. The highest BCUT2D eigenvalue weighted by atomic mass is 79.9. The summed E-state index contributed by atoms with van der Waals surface area (Å²) in [4.78, 5) is 15.0. The van der Waals surface area contributed by atoms with Crippen molar-refractivity contribution in [1.82, 2.24) is 4.98 Å². The van der Waals surface area contributed by atoms with Gasteiger partial charge in [0, 0.05) is 6.20 Å². The van der Waals surface area contributed by atoms with E-state index in [1.807, 2.05) is 0 Å². The van der Waals surface area contributed by atoms with Gasteiger partial charge in [0.1, 0.15) is 6.07 Å². The summed E-state index contributed by atoms with van der Waals surface area (Å²) >= 11 is 2.91. The molecule has 0 spiro atoms. The van der Waals surface area contributed by atoms with Crippen LogP contribution in [0.15, 0.2) is 10.7 Å². The van der Waals surface area contributed by atoms with E-state index in [4.69, 9.17) is 5.26 Å². The molecular weight excluding hydrogens is 298 g/mol. The number of rotatable bonds is 3. The van der Waals surface area contributed by atoms with Crippen LogP contribution in [0.25, 0.3) is 0 Å². The second-order valence-corrected chi connectivity index (χ2v) is 3.68. The van der Waals surface area contributed by atoms with E-state index >= 15 is 0 Å². The number of pyridine rings is 1. The number of nitrogens with zero attached hydrogens (tertiary/aromatic N) is 2. The first-order valence-corrected chi connectivity index (χ1v) is 5.36. The second-order valence-electron chi connectivity index (χ2n) is 2.88. The normalized spacial score (nSPS) is 10.1. The molecular formula is C10H7BrF2N2O2. The van der Waals surface area contributed by atoms with Gasteiger partial charge in [0.05, 0.1) is 22.2 Å². The Morgan fingerprint density at radius 3 is 2.82 bits per heavy atom. The maximum atomic E-state index is 12.5. The molecule has 0 radical (unpaired) electrons. The van der Waals surface area contributed by atoms with Crippen molar-refractivity contribution in [1.29, 1.82) is 5.26 Å². The van der Waals surface area contributed by atoms with E-state index in [2.05, 4.69) is 25.7 Å². The number of esters is 1. The number of carbonyl (C=O) groups excluding carboxylic acids is 1. The van der Waals surface area contributed by atoms with Crippen molar-refractivity contribution in [3.8, 4) is 6.07 Å². The van der Waals surface area contributed by atoms with E-state index in [0.717, 1.165) is 6.20 Å². The summed E-state index contributed by atoms with van der Waals surface area (Å²) in [6.45, 7) is 1.73. The monoisotopic (exact) mass is 304 g/mol. The Labute approximate surface area is 104 Å². The van der Waals surface area contributed by atoms with Crippen molar-refractivity contribution in [3.63, 3.8) is 0 Å². The number of hydrogen-bond acceptors (Lipinski definition) is 4. The van der Waals surface area contributed by atoms with Crippen LogP contribution in [0.4, 0.5) is 8.78 Å². The fourth-order valence-electron chi connectivity index (χ4n) is 1.12. The zero-order valence-corrected chi connectivity index (χ0v) is 10.3. The Hall–Kier alpha value is -1.55. The van der Waals surface area contributed by atoms with E-state index in [1.54, 1.807) is 13.0 Å². The molecule has 0 saturated heterocycles. The summed E-state index contributed by atoms with van der Waals surface area (Å²) in [5.74, 6) is -0.767. The zero-order chi connectivity index (χ0) is 13.0. The zero-order valence-electron chi connectivity index (χ0n) is 8.71. The molecule has 7 heteroatoms. The Morgan fingerprint density at radius 2 is 2.35 bits per heavy atom. The fourth-order valence-corrected chi connectivity index (χ4v) is 1.70. The average Bonchev–Trinajstić information content (AvgIpc) is 2.28. The lowest BCUT2D eigenvalue weighted by Crippen LogP contribution is -2.10. The molecule has 0 bridgehead atoms. The van der Waals surface area contributed by atoms with Crippen LogP contribution < -0.4 is 0 Å².